The van der Waals surface area contributed by atoms with Gasteiger partial charge in [0.2, 0.25) is 0 Å². The standard InChI is InChI=1S/C18H38N4O2/c1-5-19-18(20-10-7-8-13-23-6-2)21-11-9-12-22-14-16(3)24-17(4)15-22/h16-17H,5-15H2,1-4H3,(H2,19,20,21). The molecule has 1 aliphatic rings. The Kier molecular flexibility index (Phi) is 11.9. The first-order chi connectivity index (χ1) is 11.7. The zero-order chi connectivity index (χ0) is 17.6. The number of morpholine rings is 1. The predicted octanol–water partition coefficient (Wildman–Crippen LogP) is 1.86. The first-order valence-electron chi connectivity index (χ1n) is 9.63. The van der Waals surface area contributed by atoms with Crippen LogP contribution in [-0.4, -0.2) is 75.5 Å². The minimum Gasteiger partial charge on any atom is -0.382 e. The highest BCUT2D eigenvalue weighted by Gasteiger charge is 2.21. The number of rotatable bonds is 11. The van der Waals surface area contributed by atoms with Gasteiger partial charge >= 0.3 is 0 Å². The van der Waals surface area contributed by atoms with Crippen molar-refractivity contribution < 1.29 is 9.47 Å². The summed E-state index contributed by atoms with van der Waals surface area (Å²) in [5.41, 5.74) is 0. The van der Waals surface area contributed by atoms with E-state index < -0.39 is 0 Å². The summed E-state index contributed by atoms with van der Waals surface area (Å²) in [6, 6.07) is 0. The molecule has 0 aliphatic carbocycles. The molecule has 0 amide bonds. The van der Waals surface area contributed by atoms with E-state index in [1.807, 2.05) is 6.92 Å². The Labute approximate surface area is 148 Å². The fraction of sp³-hybridized carbons (Fsp3) is 0.944. The average Bonchev–Trinajstić information content (AvgIpc) is 2.53. The molecule has 0 aromatic heterocycles. The second-order valence-electron chi connectivity index (χ2n) is 6.46. The van der Waals surface area contributed by atoms with Gasteiger partial charge in [0.15, 0.2) is 5.96 Å². The summed E-state index contributed by atoms with van der Waals surface area (Å²) in [6.07, 6.45) is 3.96. The van der Waals surface area contributed by atoms with E-state index in [0.29, 0.717) is 12.2 Å². The Morgan fingerprint density at radius 1 is 1.12 bits per heavy atom. The Balaban J connectivity index is 2.17. The van der Waals surface area contributed by atoms with Crippen molar-refractivity contribution in [2.45, 2.75) is 59.2 Å². The number of guanidine groups is 1. The Morgan fingerprint density at radius 2 is 1.88 bits per heavy atom. The molecule has 0 aromatic carbocycles. The van der Waals surface area contributed by atoms with E-state index in [2.05, 4.69) is 41.3 Å². The maximum atomic E-state index is 5.77. The minimum atomic E-state index is 0.341. The highest BCUT2D eigenvalue weighted by atomic mass is 16.5. The SMILES string of the molecule is CCNC(=NCCCN1CC(C)OC(C)C1)NCCCCOCC. The molecule has 6 nitrogen and oxygen atoms in total. The Hall–Kier alpha value is -0.850. The van der Waals surface area contributed by atoms with Crippen LogP contribution in [-0.2, 0) is 9.47 Å². The van der Waals surface area contributed by atoms with Crippen molar-refractivity contribution in [3.05, 3.63) is 0 Å². The van der Waals surface area contributed by atoms with Gasteiger partial charge in [0.05, 0.1) is 12.2 Å². The van der Waals surface area contributed by atoms with Gasteiger partial charge in [-0.2, -0.15) is 0 Å². The number of hydrogen-bond donors (Lipinski definition) is 2. The van der Waals surface area contributed by atoms with Crippen LogP contribution in [0.1, 0.15) is 47.0 Å². The maximum absolute atomic E-state index is 5.77. The third-order valence-electron chi connectivity index (χ3n) is 3.95. The third kappa shape index (κ3) is 10.1. The lowest BCUT2D eigenvalue weighted by atomic mass is 10.2. The molecule has 6 heteroatoms. The highest BCUT2D eigenvalue weighted by Crippen LogP contribution is 2.10. The number of unbranched alkanes of at least 4 members (excludes halogenated alkanes) is 1. The molecule has 0 aromatic rings. The van der Waals surface area contributed by atoms with Gasteiger partial charge in [-0.3, -0.25) is 9.89 Å². The van der Waals surface area contributed by atoms with Crippen molar-refractivity contribution in [2.24, 2.45) is 4.99 Å². The van der Waals surface area contributed by atoms with Crippen LogP contribution in [0.2, 0.25) is 0 Å². The van der Waals surface area contributed by atoms with Crippen LogP contribution in [0, 0.1) is 0 Å². The molecule has 2 atom stereocenters. The monoisotopic (exact) mass is 342 g/mol. The molecule has 0 spiro atoms. The van der Waals surface area contributed by atoms with E-state index in [1.54, 1.807) is 0 Å². The van der Waals surface area contributed by atoms with Crippen molar-refractivity contribution in [3.8, 4) is 0 Å². The fourth-order valence-corrected chi connectivity index (χ4v) is 2.97. The summed E-state index contributed by atoms with van der Waals surface area (Å²) in [4.78, 5) is 7.16. The Morgan fingerprint density at radius 3 is 2.54 bits per heavy atom. The van der Waals surface area contributed by atoms with E-state index in [4.69, 9.17) is 9.47 Å². The molecule has 24 heavy (non-hydrogen) atoms. The number of hydrogen-bond acceptors (Lipinski definition) is 4. The van der Waals surface area contributed by atoms with Crippen LogP contribution >= 0.6 is 0 Å². The number of nitrogens with zero attached hydrogens (tertiary/aromatic N) is 2. The highest BCUT2D eigenvalue weighted by molar-refractivity contribution is 5.79. The molecule has 1 aliphatic heterocycles. The molecular formula is C18H38N4O2. The quantitative estimate of drug-likeness (QED) is 0.341. The van der Waals surface area contributed by atoms with Gasteiger partial charge in [-0.1, -0.05) is 0 Å². The molecule has 0 radical (unpaired) electrons. The zero-order valence-corrected chi connectivity index (χ0v) is 16.1. The van der Waals surface area contributed by atoms with E-state index in [0.717, 1.165) is 77.7 Å². The summed E-state index contributed by atoms with van der Waals surface area (Å²) in [5, 5.41) is 6.71. The van der Waals surface area contributed by atoms with E-state index >= 15 is 0 Å². The molecule has 1 saturated heterocycles. The normalized spacial score (nSPS) is 22.6. The fourth-order valence-electron chi connectivity index (χ4n) is 2.97. The van der Waals surface area contributed by atoms with Crippen LogP contribution in [0.3, 0.4) is 0 Å². The predicted molar refractivity (Wildman–Crippen MR) is 101 cm³/mol. The molecule has 1 fully saturated rings. The summed E-state index contributed by atoms with van der Waals surface area (Å²) >= 11 is 0. The van der Waals surface area contributed by atoms with Crippen LogP contribution in [0.4, 0.5) is 0 Å². The van der Waals surface area contributed by atoms with Crippen molar-refractivity contribution in [1.82, 2.24) is 15.5 Å². The topological polar surface area (TPSA) is 58.1 Å². The van der Waals surface area contributed by atoms with Gasteiger partial charge in [-0.15, -0.1) is 0 Å². The molecular weight excluding hydrogens is 304 g/mol. The average molecular weight is 343 g/mol. The lowest BCUT2D eigenvalue weighted by molar-refractivity contribution is -0.0679. The van der Waals surface area contributed by atoms with Crippen LogP contribution in [0.5, 0.6) is 0 Å². The number of ether oxygens (including phenoxy) is 2. The van der Waals surface area contributed by atoms with Crippen molar-refractivity contribution in [1.29, 1.82) is 0 Å². The van der Waals surface area contributed by atoms with Gasteiger partial charge in [-0.25, -0.2) is 0 Å². The summed E-state index contributed by atoms with van der Waals surface area (Å²) in [5.74, 6) is 0.928. The van der Waals surface area contributed by atoms with Gasteiger partial charge in [0.1, 0.15) is 0 Å². The van der Waals surface area contributed by atoms with Gasteiger partial charge < -0.3 is 20.1 Å². The Bertz CT molecular complexity index is 329. The maximum Gasteiger partial charge on any atom is 0.191 e. The van der Waals surface area contributed by atoms with Gasteiger partial charge in [0, 0.05) is 52.5 Å². The first-order valence-corrected chi connectivity index (χ1v) is 9.63. The number of nitrogens with one attached hydrogen (secondary N) is 2. The minimum absolute atomic E-state index is 0.341. The molecule has 0 saturated carbocycles. The summed E-state index contributed by atoms with van der Waals surface area (Å²) in [7, 11) is 0. The van der Waals surface area contributed by atoms with Crippen molar-refractivity contribution in [2.75, 3.05) is 52.5 Å². The lowest BCUT2D eigenvalue weighted by Gasteiger charge is -2.35. The lowest BCUT2D eigenvalue weighted by Crippen LogP contribution is -2.45. The van der Waals surface area contributed by atoms with Crippen molar-refractivity contribution in [3.63, 3.8) is 0 Å². The van der Waals surface area contributed by atoms with Crippen LogP contribution in [0.25, 0.3) is 0 Å². The zero-order valence-electron chi connectivity index (χ0n) is 16.1. The second kappa shape index (κ2) is 13.4. The molecule has 0 bridgehead atoms. The van der Waals surface area contributed by atoms with Crippen LogP contribution < -0.4 is 10.6 Å². The van der Waals surface area contributed by atoms with Gasteiger partial charge in [-0.05, 0) is 47.0 Å². The van der Waals surface area contributed by atoms with E-state index in [9.17, 15) is 0 Å². The summed E-state index contributed by atoms with van der Waals surface area (Å²) < 4.78 is 11.1. The molecule has 2 N–H and O–H groups in total. The number of aliphatic imine (C=N–C) groups is 1. The molecule has 2 unspecified atom stereocenters. The first kappa shape index (κ1) is 21.2. The molecule has 1 rings (SSSR count). The van der Waals surface area contributed by atoms with Gasteiger partial charge in [0.25, 0.3) is 0 Å². The van der Waals surface area contributed by atoms with Crippen molar-refractivity contribution >= 4 is 5.96 Å². The van der Waals surface area contributed by atoms with E-state index in [-0.39, 0.29) is 0 Å². The third-order valence-corrected chi connectivity index (χ3v) is 3.95. The molecule has 1 heterocycles. The van der Waals surface area contributed by atoms with E-state index in [1.165, 1.54) is 0 Å². The smallest absolute Gasteiger partial charge is 0.191 e. The largest absolute Gasteiger partial charge is 0.382 e. The van der Waals surface area contributed by atoms with Crippen LogP contribution in [0.15, 0.2) is 4.99 Å². The summed E-state index contributed by atoms with van der Waals surface area (Å²) in [6.45, 7) is 15.9. The second-order valence-corrected chi connectivity index (χ2v) is 6.46. The molecule has 142 valence electrons.